The highest BCUT2D eigenvalue weighted by atomic mass is 19.1. The van der Waals surface area contributed by atoms with Crippen molar-refractivity contribution in [2.24, 2.45) is 0 Å². The third-order valence-corrected chi connectivity index (χ3v) is 5.03. The molecule has 0 aliphatic heterocycles. The monoisotopic (exact) mass is 363 g/mol. The number of benzene rings is 2. The van der Waals surface area contributed by atoms with Gasteiger partial charge in [-0.2, -0.15) is 5.10 Å². The van der Waals surface area contributed by atoms with Gasteiger partial charge in [0, 0.05) is 11.3 Å². The lowest BCUT2D eigenvalue weighted by molar-refractivity contribution is 0.0699. The summed E-state index contributed by atoms with van der Waals surface area (Å²) in [5.74, 6) is -1.26. The van der Waals surface area contributed by atoms with Crippen LogP contribution in [0.5, 0.6) is 0 Å². The van der Waals surface area contributed by atoms with E-state index in [1.807, 2.05) is 32.0 Å². The molecule has 2 aromatic heterocycles. The van der Waals surface area contributed by atoms with E-state index in [4.69, 9.17) is 5.73 Å². The van der Waals surface area contributed by atoms with Crippen LogP contribution in [-0.4, -0.2) is 20.7 Å². The fourth-order valence-corrected chi connectivity index (χ4v) is 3.60. The minimum atomic E-state index is -1.05. The van der Waals surface area contributed by atoms with Crippen molar-refractivity contribution in [3.05, 3.63) is 65.1 Å². The molecular formula is C21H18FN3O2. The molecule has 0 radical (unpaired) electrons. The predicted molar refractivity (Wildman–Crippen MR) is 104 cm³/mol. The zero-order valence-corrected chi connectivity index (χ0v) is 15.0. The third kappa shape index (κ3) is 2.52. The van der Waals surface area contributed by atoms with E-state index in [0.717, 1.165) is 27.6 Å². The summed E-state index contributed by atoms with van der Waals surface area (Å²) >= 11 is 0. The fraction of sp³-hybridized carbons (Fsp3) is 0.143. The standard InChI is InChI=1S/C21H18FN3O2/c1-3-14-15-6-4-13(8-12(15)5-7-17(14)22)20-11(2)18(23)9-19-16(21(26)27)10-24-25(19)20/h4-10H,3,23H2,1-2H3,(H,26,27). The van der Waals surface area contributed by atoms with Crippen molar-refractivity contribution in [2.75, 3.05) is 5.73 Å². The molecule has 5 nitrogen and oxygen atoms in total. The third-order valence-electron chi connectivity index (χ3n) is 5.03. The number of hydrogen-bond acceptors (Lipinski definition) is 3. The summed E-state index contributed by atoms with van der Waals surface area (Å²) in [5.41, 5.74) is 10.2. The molecule has 6 heteroatoms. The van der Waals surface area contributed by atoms with Crippen LogP contribution >= 0.6 is 0 Å². The lowest BCUT2D eigenvalue weighted by Gasteiger charge is -2.14. The van der Waals surface area contributed by atoms with Gasteiger partial charge in [-0.05, 0) is 53.4 Å². The van der Waals surface area contributed by atoms with Crippen LogP contribution in [-0.2, 0) is 6.42 Å². The Morgan fingerprint density at radius 2 is 2.04 bits per heavy atom. The van der Waals surface area contributed by atoms with E-state index in [2.05, 4.69) is 5.10 Å². The molecule has 0 aliphatic carbocycles. The van der Waals surface area contributed by atoms with Crippen molar-refractivity contribution >= 4 is 27.9 Å². The Morgan fingerprint density at radius 1 is 1.26 bits per heavy atom. The van der Waals surface area contributed by atoms with Crippen molar-refractivity contribution in [1.82, 2.24) is 9.61 Å². The number of halogens is 1. The van der Waals surface area contributed by atoms with Crippen molar-refractivity contribution < 1.29 is 14.3 Å². The van der Waals surface area contributed by atoms with Gasteiger partial charge in [0.05, 0.1) is 17.4 Å². The molecule has 4 aromatic rings. The second-order valence-electron chi connectivity index (χ2n) is 6.55. The average Bonchev–Trinajstić information content (AvgIpc) is 3.05. The van der Waals surface area contributed by atoms with Crippen LogP contribution < -0.4 is 5.73 Å². The number of rotatable bonds is 3. The Balaban J connectivity index is 2.03. The Kier molecular flexibility index (Phi) is 3.84. The lowest BCUT2D eigenvalue weighted by Crippen LogP contribution is -2.03. The topological polar surface area (TPSA) is 80.6 Å². The molecule has 0 amide bonds. The molecule has 0 unspecified atom stereocenters. The summed E-state index contributed by atoms with van der Waals surface area (Å²) in [6, 6.07) is 10.6. The number of nitrogen functional groups attached to an aromatic ring is 1. The molecular weight excluding hydrogens is 345 g/mol. The second kappa shape index (κ2) is 6.09. The average molecular weight is 363 g/mol. The number of pyridine rings is 1. The molecule has 0 spiro atoms. The Labute approximate surface area is 154 Å². The summed E-state index contributed by atoms with van der Waals surface area (Å²) in [6.07, 6.45) is 1.93. The summed E-state index contributed by atoms with van der Waals surface area (Å²) in [7, 11) is 0. The van der Waals surface area contributed by atoms with E-state index in [-0.39, 0.29) is 11.4 Å². The van der Waals surface area contributed by atoms with E-state index in [0.29, 0.717) is 23.2 Å². The number of hydrogen-bond donors (Lipinski definition) is 2. The molecule has 0 atom stereocenters. The van der Waals surface area contributed by atoms with E-state index < -0.39 is 5.97 Å². The van der Waals surface area contributed by atoms with Crippen molar-refractivity contribution in [1.29, 1.82) is 0 Å². The Hall–Kier alpha value is -3.41. The molecule has 0 saturated carbocycles. The number of aryl methyl sites for hydroxylation is 1. The summed E-state index contributed by atoms with van der Waals surface area (Å²) in [5, 5.41) is 15.4. The van der Waals surface area contributed by atoms with Crippen molar-refractivity contribution in [2.45, 2.75) is 20.3 Å². The number of nitrogens with zero attached hydrogens (tertiary/aromatic N) is 2. The quantitative estimate of drug-likeness (QED) is 0.564. The molecule has 27 heavy (non-hydrogen) atoms. The number of carbonyl (C=O) groups is 1. The van der Waals surface area contributed by atoms with Crippen LogP contribution in [0.15, 0.2) is 42.6 Å². The minimum Gasteiger partial charge on any atom is -0.478 e. The number of carboxylic acid groups (broad SMARTS) is 1. The molecule has 4 rings (SSSR count). The molecule has 3 N–H and O–H groups in total. The van der Waals surface area contributed by atoms with Gasteiger partial charge in [0.15, 0.2) is 0 Å². The number of aromatic nitrogens is 2. The maximum absolute atomic E-state index is 14.1. The van der Waals surface area contributed by atoms with Gasteiger partial charge in [0.25, 0.3) is 0 Å². The zero-order chi connectivity index (χ0) is 19.3. The Morgan fingerprint density at radius 3 is 2.74 bits per heavy atom. The number of carboxylic acids is 1. The first-order valence-corrected chi connectivity index (χ1v) is 8.64. The smallest absolute Gasteiger partial charge is 0.339 e. The maximum Gasteiger partial charge on any atom is 0.339 e. The van der Waals surface area contributed by atoms with E-state index in [1.165, 1.54) is 12.3 Å². The molecule has 0 bridgehead atoms. The highest BCUT2D eigenvalue weighted by Gasteiger charge is 2.18. The SMILES string of the molecule is CCc1c(F)ccc2cc(-c3c(C)c(N)cc4c(C(=O)O)cnn34)ccc12. The highest BCUT2D eigenvalue weighted by molar-refractivity contribution is 5.97. The molecule has 2 aromatic carbocycles. The first-order chi connectivity index (χ1) is 12.9. The molecule has 0 aliphatic rings. The first kappa shape index (κ1) is 17.0. The van der Waals surface area contributed by atoms with Gasteiger partial charge in [0.2, 0.25) is 0 Å². The van der Waals surface area contributed by atoms with E-state index >= 15 is 0 Å². The molecule has 0 saturated heterocycles. The first-order valence-electron chi connectivity index (χ1n) is 8.64. The second-order valence-corrected chi connectivity index (χ2v) is 6.55. The fourth-order valence-electron chi connectivity index (χ4n) is 3.60. The van der Waals surface area contributed by atoms with Gasteiger partial charge in [-0.1, -0.05) is 25.1 Å². The van der Waals surface area contributed by atoms with E-state index in [1.54, 1.807) is 16.6 Å². The zero-order valence-electron chi connectivity index (χ0n) is 15.0. The number of fused-ring (bicyclic) bond motifs is 2. The van der Waals surface area contributed by atoms with Crippen LogP contribution in [0.1, 0.15) is 28.4 Å². The van der Waals surface area contributed by atoms with Gasteiger partial charge in [-0.3, -0.25) is 0 Å². The largest absolute Gasteiger partial charge is 0.478 e. The van der Waals surface area contributed by atoms with Crippen LogP contribution in [0.25, 0.3) is 27.5 Å². The predicted octanol–water partition coefficient (Wildman–Crippen LogP) is 4.44. The summed E-state index contributed by atoms with van der Waals surface area (Å²) in [4.78, 5) is 11.5. The Bertz CT molecular complexity index is 1230. The summed E-state index contributed by atoms with van der Waals surface area (Å²) < 4.78 is 15.7. The molecule has 0 fully saturated rings. The van der Waals surface area contributed by atoms with Crippen molar-refractivity contribution in [3.8, 4) is 11.3 Å². The number of aromatic carboxylic acids is 1. The molecule has 136 valence electrons. The normalized spacial score (nSPS) is 11.4. The van der Waals surface area contributed by atoms with Crippen LogP contribution in [0.3, 0.4) is 0 Å². The van der Waals surface area contributed by atoms with Crippen LogP contribution in [0.4, 0.5) is 10.1 Å². The van der Waals surface area contributed by atoms with Crippen LogP contribution in [0.2, 0.25) is 0 Å². The summed E-state index contributed by atoms with van der Waals surface area (Å²) in [6.45, 7) is 3.80. The van der Waals surface area contributed by atoms with Gasteiger partial charge in [-0.25, -0.2) is 13.7 Å². The maximum atomic E-state index is 14.1. The van der Waals surface area contributed by atoms with Crippen molar-refractivity contribution in [3.63, 3.8) is 0 Å². The number of nitrogens with two attached hydrogens (primary N) is 1. The minimum absolute atomic E-state index is 0.0964. The lowest BCUT2D eigenvalue weighted by atomic mass is 9.97. The van der Waals surface area contributed by atoms with E-state index in [9.17, 15) is 14.3 Å². The number of anilines is 1. The van der Waals surface area contributed by atoms with Crippen LogP contribution in [0, 0.1) is 12.7 Å². The van der Waals surface area contributed by atoms with Gasteiger partial charge in [0.1, 0.15) is 11.4 Å². The highest BCUT2D eigenvalue weighted by Crippen LogP contribution is 2.33. The molecule has 2 heterocycles. The van der Waals surface area contributed by atoms with Gasteiger partial charge < -0.3 is 10.8 Å². The van der Waals surface area contributed by atoms with Gasteiger partial charge >= 0.3 is 5.97 Å². The van der Waals surface area contributed by atoms with Gasteiger partial charge in [-0.15, -0.1) is 0 Å².